The maximum absolute atomic E-state index is 11.4. The second-order valence-corrected chi connectivity index (χ2v) is 5.52. The second-order valence-electron chi connectivity index (χ2n) is 5.52. The van der Waals surface area contributed by atoms with Gasteiger partial charge in [-0.25, -0.2) is 15.0 Å². The van der Waals surface area contributed by atoms with Crippen molar-refractivity contribution in [2.75, 3.05) is 12.3 Å². The first-order valence-corrected chi connectivity index (χ1v) is 7.45. The molecule has 0 bridgehead atoms. The number of aliphatic hydroxyl groups is 1. The van der Waals surface area contributed by atoms with Crippen molar-refractivity contribution < 1.29 is 28.9 Å². The number of nitrogen functional groups attached to an aromatic ring is 1. The van der Waals surface area contributed by atoms with Crippen LogP contribution in [0.25, 0.3) is 11.2 Å². The van der Waals surface area contributed by atoms with Gasteiger partial charge in [0.05, 0.1) is 6.33 Å². The number of ether oxygens (including phenoxy) is 3. The minimum absolute atomic E-state index is 0.183. The molecule has 1 saturated heterocycles. The lowest BCUT2D eigenvalue weighted by Crippen LogP contribution is -2.37. The number of imidazole rings is 1. The number of carbonyl (C=O) groups is 2. The summed E-state index contributed by atoms with van der Waals surface area (Å²) in [4.78, 5) is 34.5. The molecule has 11 nitrogen and oxygen atoms in total. The van der Waals surface area contributed by atoms with Crippen LogP contribution in [0.4, 0.5) is 5.82 Å². The summed E-state index contributed by atoms with van der Waals surface area (Å²) in [7, 11) is 0. The number of nitrogens with two attached hydrogens (primary N) is 1. The first-order chi connectivity index (χ1) is 11.9. The number of aromatic nitrogens is 4. The standard InChI is InChI=1S/C14H17N5O6/c1-6(20)23-3-8-10(22)11(24-7(2)21)14(25-8)19-5-18-9-12(15)16-4-17-13(9)19/h4-5,8,10-11,14,22H,3H2,1-2H3,(H2,15,16,17)/t8-,10+,11-,14-/m1/s1. The van der Waals surface area contributed by atoms with Crippen molar-refractivity contribution in [3.63, 3.8) is 0 Å². The highest BCUT2D eigenvalue weighted by Gasteiger charge is 2.48. The molecule has 134 valence electrons. The number of hydrogen-bond acceptors (Lipinski definition) is 10. The minimum Gasteiger partial charge on any atom is -0.463 e. The Bertz CT molecular complexity index is 808. The molecule has 1 aliphatic heterocycles. The quantitative estimate of drug-likeness (QED) is 0.667. The van der Waals surface area contributed by atoms with Crippen LogP contribution in [0.2, 0.25) is 0 Å². The van der Waals surface area contributed by atoms with Gasteiger partial charge < -0.3 is 25.1 Å². The first kappa shape index (κ1) is 17.0. The van der Waals surface area contributed by atoms with E-state index in [1.807, 2.05) is 0 Å². The largest absolute Gasteiger partial charge is 0.463 e. The Balaban J connectivity index is 1.94. The zero-order valence-corrected chi connectivity index (χ0v) is 13.5. The molecule has 11 heteroatoms. The molecule has 1 aliphatic rings. The normalized spacial score (nSPS) is 25.9. The number of hydrogen-bond donors (Lipinski definition) is 2. The average molecular weight is 351 g/mol. The van der Waals surface area contributed by atoms with Gasteiger partial charge in [-0.05, 0) is 0 Å². The molecule has 2 aromatic rings. The van der Waals surface area contributed by atoms with Gasteiger partial charge in [0.15, 0.2) is 23.8 Å². The fraction of sp³-hybridized carbons (Fsp3) is 0.500. The molecule has 2 aromatic heterocycles. The molecule has 3 heterocycles. The molecule has 3 N–H and O–H groups in total. The van der Waals surface area contributed by atoms with Crippen molar-refractivity contribution in [2.24, 2.45) is 0 Å². The Kier molecular flexibility index (Phi) is 4.51. The Morgan fingerprint density at radius 2 is 2.08 bits per heavy atom. The highest BCUT2D eigenvalue weighted by atomic mass is 16.6. The van der Waals surface area contributed by atoms with Gasteiger partial charge in [-0.1, -0.05) is 0 Å². The van der Waals surface area contributed by atoms with Crippen LogP contribution in [0.15, 0.2) is 12.7 Å². The number of rotatable bonds is 4. The zero-order valence-electron chi connectivity index (χ0n) is 13.5. The summed E-state index contributed by atoms with van der Waals surface area (Å²) in [5.74, 6) is -0.927. The summed E-state index contributed by atoms with van der Waals surface area (Å²) >= 11 is 0. The summed E-state index contributed by atoms with van der Waals surface area (Å²) in [6.07, 6.45) is -1.37. The van der Waals surface area contributed by atoms with Gasteiger partial charge in [0.25, 0.3) is 0 Å². The van der Waals surface area contributed by atoms with E-state index in [1.165, 1.54) is 31.1 Å². The molecule has 0 aromatic carbocycles. The second kappa shape index (κ2) is 6.61. The Morgan fingerprint density at radius 1 is 1.32 bits per heavy atom. The van der Waals surface area contributed by atoms with Gasteiger partial charge >= 0.3 is 11.9 Å². The Labute approximate surface area is 141 Å². The van der Waals surface area contributed by atoms with Gasteiger partial charge in [-0.3, -0.25) is 14.2 Å². The molecule has 0 saturated carbocycles. The lowest BCUT2D eigenvalue weighted by Gasteiger charge is -2.21. The lowest BCUT2D eigenvalue weighted by molar-refractivity contribution is -0.155. The van der Waals surface area contributed by atoms with E-state index in [9.17, 15) is 14.7 Å². The van der Waals surface area contributed by atoms with Crippen molar-refractivity contribution in [3.8, 4) is 0 Å². The summed E-state index contributed by atoms with van der Waals surface area (Å²) in [5, 5.41) is 10.4. The smallest absolute Gasteiger partial charge is 0.303 e. The third kappa shape index (κ3) is 3.23. The monoisotopic (exact) mass is 351 g/mol. The molecule has 0 aliphatic carbocycles. The van der Waals surface area contributed by atoms with Crippen LogP contribution >= 0.6 is 0 Å². The molecule has 0 amide bonds. The Morgan fingerprint density at radius 3 is 2.76 bits per heavy atom. The van der Waals surface area contributed by atoms with Gasteiger partial charge in [-0.2, -0.15) is 0 Å². The molecular formula is C14H17N5O6. The number of anilines is 1. The highest BCUT2D eigenvalue weighted by Crippen LogP contribution is 2.34. The maximum Gasteiger partial charge on any atom is 0.303 e. The zero-order chi connectivity index (χ0) is 18.1. The van der Waals surface area contributed by atoms with E-state index in [0.29, 0.717) is 11.2 Å². The van der Waals surface area contributed by atoms with E-state index in [4.69, 9.17) is 19.9 Å². The van der Waals surface area contributed by atoms with Gasteiger partial charge in [0, 0.05) is 13.8 Å². The van der Waals surface area contributed by atoms with Crippen molar-refractivity contribution in [3.05, 3.63) is 12.7 Å². The molecule has 0 unspecified atom stereocenters. The van der Waals surface area contributed by atoms with Gasteiger partial charge in [0.2, 0.25) is 0 Å². The van der Waals surface area contributed by atoms with Crippen molar-refractivity contribution in [1.82, 2.24) is 19.5 Å². The lowest BCUT2D eigenvalue weighted by atomic mass is 10.1. The Hall–Kier alpha value is -2.79. The number of nitrogens with zero attached hydrogens (tertiary/aromatic N) is 4. The summed E-state index contributed by atoms with van der Waals surface area (Å²) in [6, 6.07) is 0. The van der Waals surface area contributed by atoms with Crippen LogP contribution in [0.3, 0.4) is 0 Å². The van der Waals surface area contributed by atoms with Crippen molar-refractivity contribution in [1.29, 1.82) is 0 Å². The molecule has 3 rings (SSSR count). The van der Waals surface area contributed by atoms with Crippen LogP contribution in [-0.4, -0.2) is 61.5 Å². The van der Waals surface area contributed by atoms with Crippen LogP contribution in [0.5, 0.6) is 0 Å². The number of esters is 2. The maximum atomic E-state index is 11.4. The molecule has 0 spiro atoms. The molecule has 4 atom stereocenters. The molecule has 0 radical (unpaired) electrons. The minimum atomic E-state index is -1.20. The predicted molar refractivity (Wildman–Crippen MR) is 81.8 cm³/mol. The van der Waals surface area contributed by atoms with Crippen LogP contribution in [0, 0.1) is 0 Å². The van der Waals surface area contributed by atoms with Crippen LogP contribution < -0.4 is 5.73 Å². The van der Waals surface area contributed by atoms with Gasteiger partial charge in [0.1, 0.15) is 30.7 Å². The number of aliphatic hydroxyl groups excluding tert-OH is 1. The first-order valence-electron chi connectivity index (χ1n) is 7.45. The van der Waals surface area contributed by atoms with Crippen molar-refractivity contribution >= 4 is 28.9 Å². The van der Waals surface area contributed by atoms with E-state index in [1.54, 1.807) is 0 Å². The fourth-order valence-corrected chi connectivity index (χ4v) is 2.65. The summed E-state index contributed by atoms with van der Waals surface area (Å²) < 4.78 is 17.3. The molecular weight excluding hydrogens is 334 g/mol. The average Bonchev–Trinajstić information content (AvgIpc) is 3.09. The van der Waals surface area contributed by atoms with Gasteiger partial charge in [-0.15, -0.1) is 0 Å². The van der Waals surface area contributed by atoms with E-state index in [-0.39, 0.29) is 12.4 Å². The molecule has 25 heavy (non-hydrogen) atoms. The van der Waals surface area contributed by atoms with E-state index in [2.05, 4.69) is 15.0 Å². The van der Waals surface area contributed by atoms with E-state index in [0.717, 1.165) is 0 Å². The van der Waals surface area contributed by atoms with E-state index >= 15 is 0 Å². The highest BCUT2D eigenvalue weighted by molar-refractivity contribution is 5.81. The molecule has 1 fully saturated rings. The van der Waals surface area contributed by atoms with Crippen LogP contribution in [-0.2, 0) is 23.8 Å². The number of fused-ring (bicyclic) bond motifs is 1. The summed E-state index contributed by atoms with van der Waals surface area (Å²) in [5.41, 5.74) is 6.47. The topological polar surface area (TPSA) is 152 Å². The van der Waals surface area contributed by atoms with Crippen molar-refractivity contribution in [2.45, 2.75) is 38.4 Å². The van der Waals surface area contributed by atoms with E-state index < -0.39 is 36.5 Å². The SMILES string of the molecule is CC(=O)OC[C@H]1O[C@@H](n2cnc3c(N)ncnc32)[C@H](OC(C)=O)[C@H]1O. The third-order valence-corrected chi connectivity index (χ3v) is 3.73. The third-order valence-electron chi connectivity index (χ3n) is 3.73. The van der Waals surface area contributed by atoms with Crippen LogP contribution in [0.1, 0.15) is 20.1 Å². The fourth-order valence-electron chi connectivity index (χ4n) is 2.65. The summed E-state index contributed by atoms with van der Waals surface area (Å²) in [6.45, 7) is 2.27. The predicted octanol–water partition coefficient (Wildman–Crippen LogP) is -0.838. The number of carbonyl (C=O) groups excluding carboxylic acids is 2.